The average Bonchev–Trinajstić information content (AvgIpc) is 2.36. The van der Waals surface area contributed by atoms with Crippen molar-refractivity contribution in [2.75, 3.05) is 0 Å². The summed E-state index contributed by atoms with van der Waals surface area (Å²) in [4.78, 5) is 4.07. The molecule has 0 spiro atoms. The highest BCUT2D eigenvalue weighted by molar-refractivity contribution is 6.93. The van der Waals surface area contributed by atoms with E-state index in [4.69, 9.17) is 0 Å². The van der Waals surface area contributed by atoms with Crippen LogP contribution in [0.4, 0.5) is 0 Å². The van der Waals surface area contributed by atoms with Crippen molar-refractivity contribution in [1.82, 2.24) is 4.98 Å². The second-order valence-electron chi connectivity index (χ2n) is 8.12. The standard InChI is InChI=1S/C17H33NSi3/c1-9-15-10-12-16(13-11-15)21(7,8)17(14-19(2)3)18-20(4,5)6/h9-13,17-19H,1,14H2,2-8H3. The molecule has 21 heavy (non-hydrogen) atoms. The molecule has 1 aromatic carbocycles. The Balaban J connectivity index is 3.08. The Morgan fingerprint density at radius 3 is 2.00 bits per heavy atom. The summed E-state index contributed by atoms with van der Waals surface area (Å²) >= 11 is 0. The molecule has 0 radical (unpaired) electrons. The second-order valence-corrected chi connectivity index (χ2v) is 20.9. The van der Waals surface area contributed by atoms with Crippen LogP contribution in [-0.4, -0.2) is 30.8 Å². The van der Waals surface area contributed by atoms with Gasteiger partial charge in [0.05, 0.1) is 8.07 Å². The molecule has 1 rings (SSSR count). The minimum atomic E-state index is -1.49. The van der Waals surface area contributed by atoms with E-state index in [-0.39, 0.29) is 0 Å². The lowest BCUT2D eigenvalue weighted by Gasteiger charge is -2.39. The fourth-order valence-electron chi connectivity index (χ4n) is 2.78. The third-order valence-electron chi connectivity index (χ3n) is 4.08. The van der Waals surface area contributed by atoms with Gasteiger partial charge in [-0.1, -0.05) is 87.9 Å². The van der Waals surface area contributed by atoms with Crippen LogP contribution < -0.4 is 10.2 Å². The van der Waals surface area contributed by atoms with Gasteiger partial charge < -0.3 is 4.98 Å². The monoisotopic (exact) mass is 335 g/mol. The number of hydrogen-bond donors (Lipinski definition) is 1. The minimum absolute atomic E-state index is 0.579. The maximum atomic E-state index is 4.07. The zero-order valence-electron chi connectivity index (χ0n) is 15.0. The van der Waals surface area contributed by atoms with Crippen molar-refractivity contribution < 1.29 is 0 Å². The van der Waals surface area contributed by atoms with Crippen molar-refractivity contribution in [3.05, 3.63) is 36.4 Å². The Bertz CT molecular complexity index is 458. The summed E-state index contributed by atoms with van der Waals surface area (Å²) in [6.45, 7) is 21.1. The Kier molecular flexibility index (Phi) is 6.40. The van der Waals surface area contributed by atoms with E-state index in [1.165, 1.54) is 11.6 Å². The van der Waals surface area contributed by atoms with Gasteiger partial charge in [-0.25, -0.2) is 0 Å². The van der Waals surface area contributed by atoms with Crippen LogP contribution in [0.15, 0.2) is 30.8 Å². The summed E-state index contributed by atoms with van der Waals surface area (Å²) in [7, 11) is -3.33. The number of benzene rings is 1. The van der Waals surface area contributed by atoms with Crippen LogP contribution in [0.1, 0.15) is 5.56 Å². The number of hydrogen-bond acceptors (Lipinski definition) is 1. The predicted octanol–water partition coefficient (Wildman–Crippen LogP) is 4.06. The topological polar surface area (TPSA) is 12.0 Å². The SMILES string of the molecule is C=Cc1ccc([Si](C)(C)C(C[SiH](C)C)N[Si](C)(C)C)cc1. The molecule has 0 amide bonds. The van der Waals surface area contributed by atoms with Gasteiger partial charge in [-0.2, -0.15) is 0 Å². The van der Waals surface area contributed by atoms with E-state index in [0.717, 1.165) is 0 Å². The van der Waals surface area contributed by atoms with Crippen LogP contribution in [-0.2, 0) is 0 Å². The van der Waals surface area contributed by atoms with Gasteiger partial charge in [0.1, 0.15) is 8.24 Å². The normalized spacial score (nSPS) is 14.3. The summed E-state index contributed by atoms with van der Waals surface area (Å²) in [5.41, 5.74) is 1.93. The van der Waals surface area contributed by atoms with Gasteiger partial charge in [0.2, 0.25) is 0 Å². The molecule has 4 heteroatoms. The fraction of sp³-hybridized carbons (Fsp3) is 0.529. The van der Waals surface area contributed by atoms with E-state index in [0.29, 0.717) is 5.67 Å². The fourth-order valence-corrected chi connectivity index (χ4v) is 13.2. The molecule has 0 aliphatic carbocycles. The molecule has 0 aromatic heterocycles. The van der Waals surface area contributed by atoms with Gasteiger partial charge in [0.25, 0.3) is 0 Å². The molecule has 118 valence electrons. The first-order valence-electron chi connectivity index (χ1n) is 8.07. The Labute approximate surface area is 135 Å². The van der Waals surface area contributed by atoms with E-state index in [1.807, 2.05) is 6.08 Å². The summed E-state index contributed by atoms with van der Waals surface area (Å²) in [5.74, 6) is 0. The number of nitrogens with one attached hydrogen (secondary N) is 1. The molecule has 0 bridgehead atoms. The molecule has 0 saturated carbocycles. The molecule has 1 aromatic rings. The number of rotatable bonds is 7. The molecule has 0 fully saturated rings. The van der Waals surface area contributed by atoms with Crippen molar-refractivity contribution in [2.24, 2.45) is 0 Å². The average molecular weight is 336 g/mol. The highest BCUT2D eigenvalue weighted by Crippen LogP contribution is 2.18. The molecule has 1 nitrogen and oxygen atoms in total. The van der Waals surface area contributed by atoms with Crippen LogP contribution in [0.25, 0.3) is 6.08 Å². The lowest BCUT2D eigenvalue weighted by atomic mass is 10.2. The smallest absolute Gasteiger partial charge is 0.116 e. The van der Waals surface area contributed by atoms with E-state index >= 15 is 0 Å². The highest BCUT2D eigenvalue weighted by atomic mass is 28.3. The predicted molar refractivity (Wildman–Crippen MR) is 108 cm³/mol. The van der Waals surface area contributed by atoms with Gasteiger partial charge in [0.15, 0.2) is 0 Å². The van der Waals surface area contributed by atoms with Gasteiger partial charge in [-0.15, -0.1) is 0 Å². The minimum Gasteiger partial charge on any atom is -0.337 e. The van der Waals surface area contributed by atoms with Crippen LogP contribution in [0.2, 0.25) is 51.9 Å². The van der Waals surface area contributed by atoms with Crippen LogP contribution in [0, 0.1) is 0 Å². The van der Waals surface area contributed by atoms with Crippen LogP contribution >= 0.6 is 0 Å². The third-order valence-corrected chi connectivity index (χ3v) is 11.4. The Morgan fingerprint density at radius 1 is 1.10 bits per heavy atom. The molecule has 0 aliphatic rings. The van der Waals surface area contributed by atoms with Crippen molar-refractivity contribution in [2.45, 2.75) is 57.5 Å². The summed E-state index contributed by atoms with van der Waals surface area (Å²) in [5, 5.41) is 1.57. The van der Waals surface area contributed by atoms with Gasteiger partial charge >= 0.3 is 0 Å². The van der Waals surface area contributed by atoms with Crippen molar-refractivity contribution in [3.8, 4) is 0 Å². The zero-order chi connectivity index (χ0) is 16.3. The lowest BCUT2D eigenvalue weighted by molar-refractivity contribution is 0.842. The summed E-state index contributed by atoms with van der Waals surface area (Å²) in [6, 6.07) is 10.5. The molecule has 1 unspecified atom stereocenters. The Hall–Kier alpha value is -0.429. The molecule has 1 N–H and O–H groups in total. The maximum Gasteiger partial charge on any atom is 0.116 e. The molecule has 1 atom stereocenters. The van der Waals surface area contributed by atoms with Gasteiger partial charge in [-0.05, 0) is 17.3 Å². The van der Waals surface area contributed by atoms with E-state index in [9.17, 15) is 0 Å². The van der Waals surface area contributed by atoms with Crippen LogP contribution in [0.3, 0.4) is 0 Å². The van der Waals surface area contributed by atoms with E-state index in [2.05, 4.69) is 81.7 Å². The van der Waals surface area contributed by atoms with Crippen LogP contribution in [0.5, 0.6) is 0 Å². The maximum absolute atomic E-state index is 4.07. The first kappa shape index (κ1) is 18.6. The quantitative estimate of drug-likeness (QED) is 0.741. The van der Waals surface area contributed by atoms with Crippen molar-refractivity contribution in [3.63, 3.8) is 0 Å². The third kappa shape index (κ3) is 5.70. The molecular weight excluding hydrogens is 302 g/mol. The Morgan fingerprint density at radius 2 is 1.62 bits per heavy atom. The van der Waals surface area contributed by atoms with E-state index in [1.54, 1.807) is 5.19 Å². The molecule has 0 aliphatic heterocycles. The first-order valence-corrected chi connectivity index (χ1v) is 17.8. The highest BCUT2D eigenvalue weighted by Gasteiger charge is 2.36. The van der Waals surface area contributed by atoms with Crippen molar-refractivity contribution >= 4 is 36.4 Å². The first-order chi connectivity index (χ1) is 9.56. The molecule has 0 saturated heterocycles. The molecule has 0 heterocycles. The van der Waals surface area contributed by atoms with Crippen molar-refractivity contribution in [1.29, 1.82) is 0 Å². The molecular formula is C17H33NSi3. The summed E-state index contributed by atoms with van der Waals surface area (Å²) in [6.07, 6.45) is 1.93. The second kappa shape index (κ2) is 7.22. The van der Waals surface area contributed by atoms with E-state index < -0.39 is 25.1 Å². The van der Waals surface area contributed by atoms with Gasteiger partial charge in [0, 0.05) is 8.80 Å². The summed E-state index contributed by atoms with van der Waals surface area (Å²) < 4.78 is 0. The zero-order valence-corrected chi connectivity index (χ0v) is 18.1. The van der Waals surface area contributed by atoms with Gasteiger partial charge in [-0.3, -0.25) is 0 Å². The largest absolute Gasteiger partial charge is 0.337 e. The lowest BCUT2D eigenvalue weighted by Crippen LogP contribution is -2.64.